The van der Waals surface area contributed by atoms with E-state index in [4.69, 9.17) is 25.8 Å². The van der Waals surface area contributed by atoms with E-state index in [0.29, 0.717) is 28.8 Å². The van der Waals surface area contributed by atoms with E-state index in [2.05, 4.69) is 5.32 Å². The van der Waals surface area contributed by atoms with Gasteiger partial charge in [-0.1, -0.05) is 29.8 Å². The van der Waals surface area contributed by atoms with Crippen LogP contribution in [0.25, 0.3) is 6.08 Å². The highest BCUT2D eigenvalue weighted by Gasteiger charge is 2.17. The number of carbonyl (C=O) groups excluding carboxylic acids is 2. The molecule has 0 unspecified atom stereocenters. The topological polar surface area (TPSA) is 73.9 Å². The van der Waals surface area contributed by atoms with Gasteiger partial charge in [0.2, 0.25) is 0 Å². The van der Waals surface area contributed by atoms with Crippen molar-refractivity contribution in [2.45, 2.75) is 20.0 Å². The van der Waals surface area contributed by atoms with E-state index < -0.39 is 18.0 Å². The number of hydrogen-bond acceptors (Lipinski definition) is 5. The number of benzene rings is 2. The highest BCUT2D eigenvalue weighted by molar-refractivity contribution is 6.33. The Labute approximate surface area is 169 Å². The van der Waals surface area contributed by atoms with E-state index in [1.165, 1.54) is 13.0 Å². The van der Waals surface area contributed by atoms with Crippen LogP contribution in [0.2, 0.25) is 5.02 Å². The molecule has 0 saturated heterocycles. The summed E-state index contributed by atoms with van der Waals surface area (Å²) in [5.41, 5.74) is 1.18. The number of ether oxygens (including phenoxy) is 3. The molecule has 0 fully saturated rings. The van der Waals surface area contributed by atoms with E-state index in [-0.39, 0.29) is 0 Å². The second-order valence-electron chi connectivity index (χ2n) is 5.72. The quantitative estimate of drug-likeness (QED) is 0.524. The molecule has 0 radical (unpaired) electrons. The van der Waals surface area contributed by atoms with Crippen molar-refractivity contribution in [1.82, 2.24) is 0 Å². The molecule has 2 aromatic carbocycles. The predicted molar refractivity (Wildman–Crippen MR) is 109 cm³/mol. The number of nitrogens with one attached hydrogen (secondary N) is 1. The number of hydrogen-bond donors (Lipinski definition) is 1. The van der Waals surface area contributed by atoms with Crippen LogP contribution in [0.3, 0.4) is 0 Å². The summed E-state index contributed by atoms with van der Waals surface area (Å²) < 4.78 is 15.9. The van der Waals surface area contributed by atoms with Gasteiger partial charge in [-0.05, 0) is 49.8 Å². The molecule has 0 aromatic heterocycles. The minimum absolute atomic E-state index is 0.402. The van der Waals surface area contributed by atoms with E-state index in [9.17, 15) is 9.59 Å². The van der Waals surface area contributed by atoms with E-state index in [0.717, 1.165) is 5.56 Å². The van der Waals surface area contributed by atoms with Crippen molar-refractivity contribution in [3.05, 3.63) is 59.1 Å². The van der Waals surface area contributed by atoms with Crippen molar-refractivity contribution < 1.29 is 23.8 Å². The van der Waals surface area contributed by atoms with Crippen LogP contribution in [0, 0.1) is 0 Å². The fraction of sp³-hybridized carbons (Fsp3) is 0.238. The van der Waals surface area contributed by atoms with Gasteiger partial charge in [0.15, 0.2) is 17.6 Å². The number of rotatable bonds is 8. The molecule has 1 N–H and O–H groups in total. The predicted octanol–water partition coefficient (Wildman–Crippen LogP) is 4.33. The monoisotopic (exact) mass is 403 g/mol. The van der Waals surface area contributed by atoms with Crippen LogP contribution in [0.4, 0.5) is 5.69 Å². The number of para-hydroxylation sites is 1. The van der Waals surface area contributed by atoms with Gasteiger partial charge in [-0.15, -0.1) is 0 Å². The first-order valence-electron chi connectivity index (χ1n) is 8.69. The summed E-state index contributed by atoms with van der Waals surface area (Å²) in [5, 5.41) is 3.02. The minimum Gasteiger partial charge on any atom is -0.493 e. The third-order valence-electron chi connectivity index (χ3n) is 3.69. The van der Waals surface area contributed by atoms with Gasteiger partial charge < -0.3 is 19.5 Å². The maximum Gasteiger partial charge on any atom is 0.331 e. The number of halogens is 1. The molecule has 2 rings (SSSR count). The lowest BCUT2D eigenvalue weighted by Crippen LogP contribution is -2.29. The van der Waals surface area contributed by atoms with Gasteiger partial charge in [0.25, 0.3) is 5.91 Å². The van der Waals surface area contributed by atoms with Gasteiger partial charge in [-0.25, -0.2) is 4.79 Å². The summed E-state index contributed by atoms with van der Waals surface area (Å²) in [4.78, 5) is 24.2. The van der Waals surface area contributed by atoms with Crippen molar-refractivity contribution in [1.29, 1.82) is 0 Å². The Hall–Kier alpha value is -2.99. The smallest absolute Gasteiger partial charge is 0.331 e. The number of anilines is 1. The molecule has 0 aliphatic rings. The number of amides is 1. The molecule has 7 heteroatoms. The van der Waals surface area contributed by atoms with Crippen molar-refractivity contribution in [3.63, 3.8) is 0 Å². The summed E-state index contributed by atoms with van der Waals surface area (Å²) in [6, 6.07) is 12.1. The van der Waals surface area contributed by atoms with Crippen LogP contribution >= 0.6 is 11.6 Å². The van der Waals surface area contributed by atoms with E-state index >= 15 is 0 Å². The molecule has 148 valence electrons. The van der Waals surface area contributed by atoms with Crippen LogP contribution < -0.4 is 14.8 Å². The SMILES string of the molecule is CCOc1cc(/C=C/C(=O)O[C@@H](C)C(=O)Nc2ccccc2Cl)ccc1OC. The lowest BCUT2D eigenvalue weighted by molar-refractivity contribution is -0.148. The standard InChI is InChI=1S/C21H22ClNO5/c1-4-27-19-13-15(9-11-18(19)26-3)10-12-20(24)28-14(2)21(25)23-17-8-6-5-7-16(17)22/h5-14H,4H2,1-3H3,(H,23,25)/b12-10+/t14-/m0/s1. The first-order valence-corrected chi connectivity index (χ1v) is 9.07. The lowest BCUT2D eigenvalue weighted by atomic mass is 10.2. The Kier molecular flexibility index (Phi) is 7.89. The van der Waals surface area contributed by atoms with Crippen LogP contribution in [0.15, 0.2) is 48.5 Å². The summed E-state index contributed by atoms with van der Waals surface area (Å²) in [6.45, 7) is 3.84. The number of methoxy groups -OCH3 is 1. The molecular formula is C21H22ClNO5. The van der Waals surface area contributed by atoms with Crippen LogP contribution in [-0.4, -0.2) is 31.7 Å². The summed E-state index contributed by atoms with van der Waals surface area (Å²) in [6.07, 6.45) is 1.84. The van der Waals surface area contributed by atoms with Gasteiger partial charge in [-0.3, -0.25) is 4.79 Å². The number of carbonyl (C=O) groups is 2. The average Bonchev–Trinajstić information content (AvgIpc) is 2.68. The zero-order valence-electron chi connectivity index (χ0n) is 15.9. The second-order valence-corrected chi connectivity index (χ2v) is 6.13. The van der Waals surface area contributed by atoms with Crippen molar-refractivity contribution in [2.24, 2.45) is 0 Å². The van der Waals surface area contributed by atoms with E-state index in [1.807, 2.05) is 6.92 Å². The third kappa shape index (κ3) is 6.03. The van der Waals surface area contributed by atoms with Gasteiger partial charge >= 0.3 is 5.97 Å². The second kappa shape index (κ2) is 10.4. The molecule has 0 aliphatic heterocycles. The van der Waals surface area contributed by atoms with Gasteiger partial charge in [-0.2, -0.15) is 0 Å². The first kappa shape index (κ1) is 21.3. The molecule has 1 amide bonds. The fourth-order valence-corrected chi connectivity index (χ4v) is 2.48. The molecule has 0 saturated carbocycles. The Morgan fingerprint density at radius 2 is 1.93 bits per heavy atom. The van der Waals surface area contributed by atoms with Gasteiger partial charge in [0, 0.05) is 6.08 Å². The molecule has 1 atom stereocenters. The Morgan fingerprint density at radius 3 is 2.61 bits per heavy atom. The van der Waals surface area contributed by atoms with Crippen molar-refractivity contribution >= 4 is 35.2 Å². The summed E-state index contributed by atoms with van der Waals surface area (Å²) >= 11 is 6.00. The third-order valence-corrected chi connectivity index (χ3v) is 4.02. The highest BCUT2D eigenvalue weighted by Crippen LogP contribution is 2.28. The molecule has 0 heterocycles. The molecule has 0 bridgehead atoms. The normalized spacial score (nSPS) is 11.7. The zero-order valence-corrected chi connectivity index (χ0v) is 16.7. The van der Waals surface area contributed by atoms with Crippen LogP contribution in [-0.2, 0) is 14.3 Å². The van der Waals surface area contributed by atoms with Gasteiger partial charge in [0.1, 0.15) is 0 Å². The average molecular weight is 404 g/mol. The van der Waals surface area contributed by atoms with Crippen LogP contribution in [0.1, 0.15) is 19.4 Å². The Bertz CT molecular complexity index is 866. The molecule has 0 aliphatic carbocycles. The van der Waals surface area contributed by atoms with Crippen LogP contribution in [0.5, 0.6) is 11.5 Å². The summed E-state index contributed by atoms with van der Waals surface area (Å²) in [7, 11) is 1.56. The Morgan fingerprint density at radius 1 is 1.18 bits per heavy atom. The molecule has 28 heavy (non-hydrogen) atoms. The zero-order chi connectivity index (χ0) is 20.5. The largest absolute Gasteiger partial charge is 0.493 e. The lowest BCUT2D eigenvalue weighted by Gasteiger charge is -2.13. The maximum absolute atomic E-state index is 12.2. The number of esters is 1. The molecular weight excluding hydrogens is 382 g/mol. The van der Waals surface area contributed by atoms with Crippen molar-refractivity contribution in [2.75, 3.05) is 19.0 Å². The molecule has 6 nitrogen and oxygen atoms in total. The minimum atomic E-state index is -0.983. The maximum atomic E-state index is 12.2. The van der Waals surface area contributed by atoms with E-state index in [1.54, 1.807) is 55.7 Å². The van der Waals surface area contributed by atoms with Crippen molar-refractivity contribution in [3.8, 4) is 11.5 Å². The Balaban J connectivity index is 1.96. The van der Waals surface area contributed by atoms with Gasteiger partial charge in [0.05, 0.1) is 24.4 Å². The molecule has 0 spiro atoms. The fourth-order valence-electron chi connectivity index (χ4n) is 2.29. The first-order chi connectivity index (χ1) is 13.4. The highest BCUT2D eigenvalue weighted by atomic mass is 35.5. The summed E-state index contributed by atoms with van der Waals surface area (Å²) in [5.74, 6) is 0.0629. The molecule has 2 aromatic rings.